The molecule has 4 heteroatoms. The number of nitrogens with one attached hydrogen (secondary N) is 1. The van der Waals surface area contributed by atoms with Crippen LogP contribution in [-0.2, 0) is 10.0 Å². The van der Waals surface area contributed by atoms with Crippen LogP contribution in [0.1, 0.15) is 24.5 Å². The minimum Gasteiger partial charge on any atom is -0.283 e. The Balaban J connectivity index is 2.95. The van der Waals surface area contributed by atoms with E-state index < -0.39 is 10.0 Å². The van der Waals surface area contributed by atoms with Gasteiger partial charge < -0.3 is 0 Å². The van der Waals surface area contributed by atoms with Crippen molar-refractivity contribution in [1.29, 1.82) is 0 Å². The molecule has 0 saturated carbocycles. The van der Waals surface area contributed by atoms with Gasteiger partial charge in [-0.05, 0) is 37.5 Å². The molecule has 15 heavy (non-hydrogen) atoms. The van der Waals surface area contributed by atoms with Crippen molar-refractivity contribution in [3.05, 3.63) is 29.3 Å². The van der Waals surface area contributed by atoms with E-state index in [2.05, 4.69) is 4.72 Å². The van der Waals surface area contributed by atoms with Gasteiger partial charge in [-0.2, -0.15) is 0 Å². The molecule has 0 aliphatic heterocycles. The second kappa shape index (κ2) is 4.66. The standard InChI is InChI=1S/C11H17NO2S/c1-4-8-15(13,14)12-11-7-5-6-9(2)10(11)3/h5-7,12H,4,8H2,1-3H3. The van der Waals surface area contributed by atoms with Crippen molar-refractivity contribution in [2.24, 2.45) is 0 Å². The van der Waals surface area contributed by atoms with Gasteiger partial charge in [-0.3, -0.25) is 4.72 Å². The third kappa shape index (κ3) is 3.23. The smallest absolute Gasteiger partial charge is 0.232 e. The van der Waals surface area contributed by atoms with Crippen molar-refractivity contribution >= 4 is 15.7 Å². The Labute approximate surface area is 91.6 Å². The minimum absolute atomic E-state index is 0.167. The van der Waals surface area contributed by atoms with Crippen molar-refractivity contribution in [3.63, 3.8) is 0 Å². The second-order valence-corrected chi connectivity index (χ2v) is 5.51. The summed E-state index contributed by atoms with van der Waals surface area (Å²) in [7, 11) is -3.17. The summed E-state index contributed by atoms with van der Waals surface area (Å²) in [6, 6.07) is 5.61. The Morgan fingerprint density at radius 3 is 2.53 bits per heavy atom. The molecule has 0 fully saturated rings. The maximum absolute atomic E-state index is 11.6. The molecule has 1 aromatic carbocycles. The highest BCUT2D eigenvalue weighted by atomic mass is 32.2. The zero-order chi connectivity index (χ0) is 11.5. The van der Waals surface area contributed by atoms with Crippen LogP contribution in [0.5, 0.6) is 0 Å². The van der Waals surface area contributed by atoms with Gasteiger partial charge in [-0.1, -0.05) is 19.1 Å². The molecule has 1 N–H and O–H groups in total. The van der Waals surface area contributed by atoms with E-state index in [0.29, 0.717) is 12.1 Å². The average Bonchev–Trinajstić information content (AvgIpc) is 2.12. The monoisotopic (exact) mass is 227 g/mol. The molecule has 0 heterocycles. The summed E-state index contributed by atoms with van der Waals surface area (Å²) in [5.74, 6) is 0.167. The molecule has 0 spiro atoms. The highest BCUT2D eigenvalue weighted by Gasteiger charge is 2.10. The maximum Gasteiger partial charge on any atom is 0.232 e. The highest BCUT2D eigenvalue weighted by molar-refractivity contribution is 7.92. The topological polar surface area (TPSA) is 46.2 Å². The lowest BCUT2D eigenvalue weighted by molar-refractivity contribution is 0.600. The summed E-state index contributed by atoms with van der Waals surface area (Å²) >= 11 is 0. The van der Waals surface area contributed by atoms with Gasteiger partial charge in [0.2, 0.25) is 10.0 Å². The molecule has 0 atom stereocenters. The number of benzene rings is 1. The molecule has 0 bridgehead atoms. The van der Waals surface area contributed by atoms with E-state index in [1.807, 2.05) is 32.9 Å². The zero-order valence-electron chi connectivity index (χ0n) is 9.37. The van der Waals surface area contributed by atoms with E-state index in [0.717, 1.165) is 11.1 Å². The summed E-state index contributed by atoms with van der Waals surface area (Å²) in [5, 5.41) is 0. The molecule has 0 unspecified atom stereocenters. The van der Waals surface area contributed by atoms with Crippen LogP contribution in [0.25, 0.3) is 0 Å². The lowest BCUT2D eigenvalue weighted by atomic mass is 10.1. The van der Waals surface area contributed by atoms with Gasteiger partial charge >= 0.3 is 0 Å². The SMILES string of the molecule is CCCS(=O)(=O)Nc1cccc(C)c1C. The van der Waals surface area contributed by atoms with E-state index in [1.165, 1.54) is 0 Å². The van der Waals surface area contributed by atoms with Gasteiger partial charge in [0.05, 0.1) is 11.4 Å². The molecular weight excluding hydrogens is 210 g/mol. The van der Waals surface area contributed by atoms with Crippen molar-refractivity contribution in [2.45, 2.75) is 27.2 Å². The summed E-state index contributed by atoms with van der Waals surface area (Å²) < 4.78 is 25.7. The molecule has 1 aromatic rings. The number of hydrogen-bond acceptors (Lipinski definition) is 2. The Bertz CT molecular complexity index is 438. The minimum atomic E-state index is -3.17. The first-order valence-electron chi connectivity index (χ1n) is 5.03. The normalized spacial score (nSPS) is 11.4. The van der Waals surface area contributed by atoms with E-state index in [1.54, 1.807) is 6.07 Å². The maximum atomic E-state index is 11.6. The Hall–Kier alpha value is -1.03. The third-order valence-corrected chi connectivity index (χ3v) is 3.82. The molecule has 0 amide bonds. The van der Waals surface area contributed by atoms with Crippen LogP contribution in [-0.4, -0.2) is 14.2 Å². The van der Waals surface area contributed by atoms with E-state index in [4.69, 9.17) is 0 Å². The van der Waals surface area contributed by atoms with Crippen LogP contribution >= 0.6 is 0 Å². The van der Waals surface area contributed by atoms with Crippen LogP contribution in [0.2, 0.25) is 0 Å². The highest BCUT2D eigenvalue weighted by Crippen LogP contribution is 2.19. The average molecular weight is 227 g/mol. The molecule has 0 saturated heterocycles. The fourth-order valence-electron chi connectivity index (χ4n) is 1.35. The van der Waals surface area contributed by atoms with Crippen LogP contribution in [0.3, 0.4) is 0 Å². The van der Waals surface area contributed by atoms with Gasteiger partial charge in [0.25, 0.3) is 0 Å². The Morgan fingerprint density at radius 2 is 1.93 bits per heavy atom. The van der Waals surface area contributed by atoms with Crippen molar-refractivity contribution < 1.29 is 8.42 Å². The predicted octanol–water partition coefficient (Wildman–Crippen LogP) is 2.46. The third-order valence-electron chi connectivity index (χ3n) is 2.34. The number of sulfonamides is 1. The predicted molar refractivity (Wildman–Crippen MR) is 63.6 cm³/mol. The van der Waals surface area contributed by atoms with Gasteiger partial charge in [-0.25, -0.2) is 8.42 Å². The van der Waals surface area contributed by atoms with Crippen molar-refractivity contribution in [2.75, 3.05) is 10.5 Å². The van der Waals surface area contributed by atoms with Crippen molar-refractivity contribution in [1.82, 2.24) is 0 Å². The van der Waals surface area contributed by atoms with E-state index in [9.17, 15) is 8.42 Å². The number of aryl methyl sites for hydroxylation is 1. The first kappa shape index (κ1) is 12.0. The lowest BCUT2D eigenvalue weighted by Crippen LogP contribution is -2.16. The Kier molecular flexibility index (Phi) is 3.74. The summed E-state index contributed by atoms with van der Waals surface area (Å²) in [6.45, 7) is 5.73. The van der Waals surface area contributed by atoms with E-state index >= 15 is 0 Å². The molecule has 0 aromatic heterocycles. The molecule has 0 aliphatic rings. The molecular formula is C11H17NO2S. The van der Waals surface area contributed by atoms with Gasteiger partial charge in [-0.15, -0.1) is 0 Å². The molecule has 0 radical (unpaired) electrons. The lowest BCUT2D eigenvalue weighted by Gasteiger charge is -2.11. The fraction of sp³-hybridized carbons (Fsp3) is 0.455. The van der Waals surface area contributed by atoms with Crippen LogP contribution in [0.15, 0.2) is 18.2 Å². The van der Waals surface area contributed by atoms with Crippen LogP contribution in [0, 0.1) is 13.8 Å². The Morgan fingerprint density at radius 1 is 1.27 bits per heavy atom. The summed E-state index contributed by atoms with van der Waals surface area (Å²) in [6.07, 6.45) is 0.625. The largest absolute Gasteiger partial charge is 0.283 e. The van der Waals surface area contributed by atoms with Crippen LogP contribution < -0.4 is 4.72 Å². The summed E-state index contributed by atoms with van der Waals surface area (Å²) in [4.78, 5) is 0. The quantitative estimate of drug-likeness (QED) is 0.858. The first-order chi connectivity index (χ1) is 6.96. The van der Waals surface area contributed by atoms with Gasteiger partial charge in [0.15, 0.2) is 0 Å². The number of hydrogen-bond donors (Lipinski definition) is 1. The second-order valence-electron chi connectivity index (χ2n) is 3.67. The van der Waals surface area contributed by atoms with Crippen LogP contribution in [0.4, 0.5) is 5.69 Å². The molecule has 1 rings (SSSR count). The molecule has 84 valence electrons. The van der Waals surface area contributed by atoms with Gasteiger partial charge in [0.1, 0.15) is 0 Å². The molecule has 3 nitrogen and oxygen atoms in total. The fourth-order valence-corrected chi connectivity index (χ4v) is 2.54. The van der Waals surface area contributed by atoms with Crippen molar-refractivity contribution in [3.8, 4) is 0 Å². The number of anilines is 1. The summed E-state index contributed by atoms with van der Waals surface area (Å²) in [5.41, 5.74) is 2.76. The number of rotatable bonds is 4. The molecule has 0 aliphatic carbocycles. The van der Waals surface area contributed by atoms with E-state index in [-0.39, 0.29) is 5.75 Å². The van der Waals surface area contributed by atoms with Gasteiger partial charge in [0, 0.05) is 0 Å². The first-order valence-corrected chi connectivity index (χ1v) is 6.68. The zero-order valence-corrected chi connectivity index (χ0v) is 10.2.